The highest BCUT2D eigenvalue weighted by Crippen LogP contribution is 2.39. The van der Waals surface area contributed by atoms with E-state index in [-0.39, 0.29) is 0 Å². The summed E-state index contributed by atoms with van der Waals surface area (Å²) >= 11 is 0. The molecule has 2 aromatic rings. The van der Waals surface area contributed by atoms with Crippen molar-refractivity contribution in [2.45, 2.75) is 19.9 Å². The molecule has 0 aliphatic rings. The second-order valence-corrected chi connectivity index (χ2v) is 5.85. The number of aliphatic imine (C=N–C) groups is 1. The molecule has 0 aliphatic carbocycles. The number of benzene rings is 1. The molecule has 0 atom stereocenters. The zero-order valence-corrected chi connectivity index (χ0v) is 16.6. The molecule has 1 aromatic heterocycles. The number of guanidine groups is 1. The van der Waals surface area contributed by atoms with Crippen LogP contribution in [0.5, 0.6) is 17.2 Å². The van der Waals surface area contributed by atoms with E-state index < -0.39 is 0 Å². The van der Waals surface area contributed by atoms with Crippen LogP contribution < -0.4 is 24.8 Å². The predicted octanol–water partition coefficient (Wildman–Crippen LogP) is 2.31. The lowest BCUT2D eigenvalue weighted by molar-refractivity contribution is 0.322. The standard InChI is InChI=1S/C20H30N4O3/c1-5-21-20(23-12-15-24-13-6-7-14-24)22-11-10-16-8-9-17(25-2)19(27-4)18(16)26-3/h6-9,13-14H,5,10-12,15H2,1-4H3,(H2,21,22,23). The third-order valence-electron chi connectivity index (χ3n) is 4.11. The van der Waals surface area contributed by atoms with Gasteiger partial charge in [0.2, 0.25) is 5.75 Å². The van der Waals surface area contributed by atoms with Crippen molar-refractivity contribution in [2.24, 2.45) is 4.99 Å². The molecule has 0 amide bonds. The van der Waals surface area contributed by atoms with Gasteiger partial charge in [-0.25, -0.2) is 0 Å². The van der Waals surface area contributed by atoms with Gasteiger partial charge in [0.05, 0.1) is 21.3 Å². The van der Waals surface area contributed by atoms with Crippen molar-refractivity contribution in [2.75, 3.05) is 41.0 Å². The van der Waals surface area contributed by atoms with E-state index in [4.69, 9.17) is 14.2 Å². The summed E-state index contributed by atoms with van der Waals surface area (Å²) in [6, 6.07) is 7.93. The molecule has 0 fully saturated rings. The summed E-state index contributed by atoms with van der Waals surface area (Å²) in [5, 5.41) is 6.63. The van der Waals surface area contributed by atoms with Gasteiger partial charge in [0, 0.05) is 44.1 Å². The molecule has 7 nitrogen and oxygen atoms in total. The SMILES string of the molecule is CCNC(=NCCc1ccc(OC)c(OC)c1OC)NCCn1cccc1. The van der Waals surface area contributed by atoms with Gasteiger partial charge in [0.15, 0.2) is 17.5 Å². The van der Waals surface area contributed by atoms with Gasteiger partial charge in [-0.05, 0) is 31.5 Å². The van der Waals surface area contributed by atoms with Crippen LogP contribution in [-0.2, 0) is 13.0 Å². The van der Waals surface area contributed by atoms with E-state index in [1.807, 2.05) is 24.3 Å². The fourth-order valence-electron chi connectivity index (χ4n) is 2.81. The fraction of sp³-hybridized carbons (Fsp3) is 0.450. The maximum absolute atomic E-state index is 5.53. The topological polar surface area (TPSA) is 69.0 Å². The highest BCUT2D eigenvalue weighted by atomic mass is 16.5. The van der Waals surface area contributed by atoms with Crippen molar-refractivity contribution in [3.63, 3.8) is 0 Å². The van der Waals surface area contributed by atoms with Gasteiger partial charge in [-0.3, -0.25) is 4.99 Å². The minimum absolute atomic E-state index is 0.609. The summed E-state index contributed by atoms with van der Waals surface area (Å²) in [6.45, 7) is 5.20. The molecule has 0 saturated carbocycles. The zero-order valence-electron chi connectivity index (χ0n) is 16.6. The molecular weight excluding hydrogens is 344 g/mol. The van der Waals surface area contributed by atoms with Crippen LogP contribution in [0.1, 0.15) is 12.5 Å². The van der Waals surface area contributed by atoms with Gasteiger partial charge < -0.3 is 29.4 Å². The Morgan fingerprint density at radius 2 is 1.74 bits per heavy atom. The van der Waals surface area contributed by atoms with Crippen molar-refractivity contribution in [1.29, 1.82) is 0 Å². The van der Waals surface area contributed by atoms with Crippen molar-refractivity contribution in [3.05, 3.63) is 42.2 Å². The molecule has 0 saturated heterocycles. The number of rotatable bonds is 10. The van der Waals surface area contributed by atoms with Crippen LogP contribution in [-0.4, -0.2) is 51.5 Å². The van der Waals surface area contributed by atoms with E-state index in [1.165, 1.54) is 0 Å². The van der Waals surface area contributed by atoms with Crippen LogP contribution in [0.4, 0.5) is 0 Å². The van der Waals surface area contributed by atoms with Crippen molar-refractivity contribution in [3.8, 4) is 17.2 Å². The third-order valence-corrected chi connectivity index (χ3v) is 4.11. The molecule has 7 heteroatoms. The molecule has 0 unspecified atom stereocenters. The number of aromatic nitrogens is 1. The maximum atomic E-state index is 5.53. The summed E-state index contributed by atoms with van der Waals surface area (Å²) in [6.07, 6.45) is 4.84. The molecule has 148 valence electrons. The normalized spacial score (nSPS) is 11.2. The Morgan fingerprint density at radius 1 is 1.00 bits per heavy atom. The Morgan fingerprint density at radius 3 is 2.37 bits per heavy atom. The highest BCUT2D eigenvalue weighted by molar-refractivity contribution is 5.79. The lowest BCUT2D eigenvalue weighted by atomic mass is 10.1. The first-order chi connectivity index (χ1) is 13.2. The molecule has 0 spiro atoms. The molecule has 2 rings (SSSR count). The number of nitrogens with one attached hydrogen (secondary N) is 2. The number of nitrogens with zero attached hydrogens (tertiary/aromatic N) is 2. The molecule has 0 bridgehead atoms. The average molecular weight is 374 g/mol. The monoisotopic (exact) mass is 374 g/mol. The predicted molar refractivity (Wildman–Crippen MR) is 108 cm³/mol. The van der Waals surface area contributed by atoms with Crippen LogP contribution in [0, 0.1) is 0 Å². The van der Waals surface area contributed by atoms with E-state index >= 15 is 0 Å². The Balaban J connectivity index is 1.97. The van der Waals surface area contributed by atoms with Crippen LogP contribution in [0.3, 0.4) is 0 Å². The van der Waals surface area contributed by atoms with Crippen LogP contribution in [0.2, 0.25) is 0 Å². The summed E-state index contributed by atoms with van der Waals surface area (Å²) in [7, 11) is 4.86. The lowest BCUT2D eigenvalue weighted by Gasteiger charge is -2.15. The largest absolute Gasteiger partial charge is 0.493 e. The minimum atomic E-state index is 0.609. The first-order valence-electron chi connectivity index (χ1n) is 9.14. The molecule has 1 aromatic carbocycles. The third kappa shape index (κ3) is 5.84. The second-order valence-electron chi connectivity index (χ2n) is 5.85. The number of hydrogen-bond donors (Lipinski definition) is 2. The Bertz CT molecular complexity index is 714. The maximum Gasteiger partial charge on any atom is 0.203 e. The van der Waals surface area contributed by atoms with Gasteiger partial charge in [-0.2, -0.15) is 0 Å². The van der Waals surface area contributed by atoms with Crippen molar-refractivity contribution in [1.82, 2.24) is 15.2 Å². The number of hydrogen-bond acceptors (Lipinski definition) is 4. The fourth-order valence-corrected chi connectivity index (χ4v) is 2.81. The Hall–Kier alpha value is -2.83. The van der Waals surface area contributed by atoms with Crippen LogP contribution in [0.15, 0.2) is 41.7 Å². The van der Waals surface area contributed by atoms with Crippen LogP contribution >= 0.6 is 0 Å². The van der Waals surface area contributed by atoms with E-state index in [0.717, 1.165) is 37.6 Å². The van der Waals surface area contributed by atoms with E-state index in [0.29, 0.717) is 23.8 Å². The molecule has 0 radical (unpaired) electrons. The Kier molecular flexibility index (Phi) is 8.35. The van der Waals surface area contributed by atoms with Gasteiger partial charge in [-0.1, -0.05) is 6.07 Å². The minimum Gasteiger partial charge on any atom is -0.493 e. The second kappa shape index (κ2) is 11.0. The first kappa shape index (κ1) is 20.5. The summed E-state index contributed by atoms with van der Waals surface area (Å²) in [5.41, 5.74) is 1.03. The van der Waals surface area contributed by atoms with Crippen molar-refractivity contribution < 1.29 is 14.2 Å². The van der Waals surface area contributed by atoms with Gasteiger partial charge in [-0.15, -0.1) is 0 Å². The zero-order chi connectivity index (χ0) is 19.5. The molecule has 2 N–H and O–H groups in total. The molecular formula is C20H30N4O3. The first-order valence-corrected chi connectivity index (χ1v) is 9.14. The van der Waals surface area contributed by atoms with Gasteiger partial charge >= 0.3 is 0 Å². The molecule has 27 heavy (non-hydrogen) atoms. The average Bonchev–Trinajstić information content (AvgIpc) is 3.20. The quantitative estimate of drug-likeness (QED) is 0.493. The molecule has 0 aliphatic heterocycles. The summed E-state index contributed by atoms with van der Waals surface area (Å²) in [4.78, 5) is 4.66. The number of ether oxygens (including phenoxy) is 3. The van der Waals surface area contributed by atoms with E-state index in [1.54, 1.807) is 21.3 Å². The smallest absolute Gasteiger partial charge is 0.203 e. The van der Waals surface area contributed by atoms with Gasteiger partial charge in [0.25, 0.3) is 0 Å². The van der Waals surface area contributed by atoms with Crippen molar-refractivity contribution >= 4 is 5.96 Å². The highest BCUT2D eigenvalue weighted by Gasteiger charge is 2.15. The number of methoxy groups -OCH3 is 3. The lowest BCUT2D eigenvalue weighted by Crippen LogP contribution is -2.39. The molecule has 1 heterocycles. The van der Waals surface area contributed by atoms with Crippen LogP contribution in [0.25, 0.3) is 0 Å². The van der Waals surface area contributed by atoms with E-state index in [2.05, 4.69) is 39.5 Å². The summed E-state index contributed by atoms with van der Waals surface area (Å²) in [5.74, 6) is 2.77. The van der Waals surface area contributed by atoms with Gasteiger partial charge in [0.1, 0.15) is 0 Å². The Labute approximate surface area is 161 Å². The summed E-state index contributed by atoms with van der Waals surface area (Å²) < 4.78 is 18.4. The van der Waals surface area contributed by atoms with E-state index in [9.17, 15) is 0 Å².